The van der Waals surface area contributed by atoms with Crippen LogP contribution < -0.4 is 4.74 Å². The third-order valence-electron chi connectivity index (χ3n) is 4.88. The Morgan fingerprint density at radius 2 is 1.59 bits per heavy atom. The van der Waals surface area contributed by atoms with Crippen LogP contribution in [0.3, 0.4) is 0 Å². The summed E-state index contributed by atoms with van der Waals surface area (Å²) >= 11 is 0. The summed E-state index contributed by atoms with van der Waals surface area (Å²) in [7, 11) is -3.26. The lowest BCUT2D eigenvalue weighted by Gasteiger charge is -2.23. The molecule has 1 N–H and O–H groups in total. The van der Waals surface area contributed by atoms with E-state index in [9.17, 15) is 23.1 Å². The van der Waals surface area contributed by atoms with Crippen LogP contribution in [0.5, 0.6) is 11.5 Å². The smallest absolute Gasteiger partial charge is 0.175 e. The number of aliphatic hydroxyl groups is 1. The normalized spacial score (nSPS) is 17.3. The molecule has 0 saturated heterocycles. The first-order valence-electron chi connectivity index (χ1n) is 9.25. The van der Waals surface area contributed by atoms with Crippen LogP contribution >= 0.6 is 0 Å². The predicted molar refractivity (Wildman–Crippen MR) is 108 cm³/mol. The van der Waals surface area contributed by atoms with Crippen LogP contribution in [0.1, 0.15) is 37.7 Å². The van der Waals surface area contributed by atoms with Gasteiger partial charge >= 0.3 is 0 Å². The van der Waals surface area contributed by atoms with E-state index in [4.69, 9.17) is 4.74 Å². The lowest BCUT2D eigenvalue weighted by atomic mass is 9.81. The van der Waals surface area contributed by atoms with Crippen molar-refractivity contribution in [3.05, 3.63) is 65.4 Å². The largest absolute Gasteiger partial charge is 0.511 e. The summed E-state index contributed by atoms with van der Waals surface area (Å²) < 4.78 is 28.7. The third kappa shape index (κ3) is 4.74. The monoisotopic (exact) mass is 414 g/mol. The number of hydrogen-bond acceptors (Lipinski definition) is 6. The molecule has 0 bridgehead atoms. The number of carbonyl (C=O) groups excluding carboxylic acids is 2. The lowest BCUT2D eigenvalue weighted by molar-refractivity contribution is -0.122. The number of carbonyl (C=O) groups is 2. The van der Waals surface area contributed by atoms with Gasteiger partial charge in [-0.05, 0) is 47.9 Å². The Bertz CT molecular complexity index is 1060. The molecule has 3 rings (SSSR count). The molecule has 152 valence electrons. The van der Waals surface area contributed by atoms with Gasteiger partial charge in [0.2, 0.25) is 0 Å². The van der Waals surface area contributed by atoms with E-state index >= 15 is 0 Å². The van der Waals surface area contributed by atoms with Gasteiger partial charge in [0.05, 0.1) is 10.5 Å². The van der Waals surface area contributed by atoms with Crippen LogP contribution in [0.15, 0.2) is 64.8 Å². The van der Waals surface area contributed by atoms with Gasteiger partial charge in [-0.3, -0.25) is 9.59 Å². The van der Waals surface area contributed by atoms with Crippen molar-refractivity contribution in [1.82, 2.24) is 0 Å². The summed E-state index contributed by atoms with van der Waals surface area (Å²) in [5.74, 6) is 0.0859. The summed E-state index contributed by atoms with van der Waals surface area (Å²) in [6.07, 6.45) is 1.76. The Hall–Kier alpha value is -2.93. The van der Waals surface area contributed by atoms with Gasteiger partial charge in [0.1, 0.15) is 17.3 Å². The molecule has 2 aromatic rings. The molecule has 0 radical (unpaired) electrons. The molecule has 0 spiro atoms. The molecule has 2 aromatic carbocycles. The first-order valence-corrected chi connectivity index (χ1v) is 11.1. The van der Waals surface area contributed by atoms with Gasteiger partial charge < -0.3 is 9.84 Å². The number of allylic oxidation sites excluding steroid dienone is 2. The second-order valence-corrected chi connectivity index (χ2v) is 9.06. The number of ether oxygens (including phenoxy) is 1. The highest BCUT2D eigenvalue weighted by atomic mass is 32.2. The molecular weight excluding hydrogens is 392 g/mol. The molecular formula is C22H22O6S. The first-order chi connectivity index (χ1) is 13.7. The zero-order chi connectivity index (χ0) is 21.2. The van der Waals surface area contributed by atoms with Crippen molar-refractivity contribution >= 4 is 21.4 Å². The zero-order valence-corrected chi connectivity index (χ0v) is 17.0. The minimum absolute atomic E-state index is 0.0544. The van der Waals surface area contributed by atoms with Crippen LogP contribution in [0, 0.1) is 0 Å². The van der Waals surface area contributed by atoms with Gasteiger partial charge in [-0.25, -0.2) is 8.42 Å². The summed E-state index contributed by atoms with van der Waals surface area (Å²) in [6.45, 7) is 1.66. The Kier molecular flexibility index (Phi) is 5.88. The number of Topliss-reactive ketones (excluding diaryl/α,β-unsaturated/α-hetero) is 2. The van der Waals surface area contributed by atoms with Crippen molar-refractivity contribution in [3.63, 3.8) is 0 Å². The summed E-state index contributed by atoms with van der Waals surface area (Å²) in [4.78, 5) is 24.3. The summed E-state index contributed by atoms with van der Waals surface area (Å²) in [6, 6.07) is 13.3. The number of aliphatic hydroxyl groups excluding tert-OH is 1. The van der Waals surface area contributed by atoms with Crippen LogP contribution in [-0.4, -0.2) is 31.3 Å². The maximum Gasteiger partial charge on any atom is 0.175 e. The zero-order valence-electron chi connectivity index (χ0n) is 16.2. The quantitative estimate of drug-likeness (QED) is 0.714. The standard InChI is InChI=1S/C22H22O6S/c1-3-19(23)22-20(24)12-15(13-21(22)25)14-4-6-16(7-5-14)28-17-8-10-18(11-9-17)29(2,26)27/h4-11,15,24H,3,12-13H2,1-2H3. The molecule has 0 amide bonds. The summed E-state index contributed by atoms with van der Waals surface area (Å²) in [5.41, 5.74) is 0.814. The molecule has 1 aliphatic rings. The highest BCUT2D eigenvalue weighted by Gasteiger charge is 2.31. The van der Waals surface area contributed by atoms with Crippen LogP contribution in [0.25, 0.3) is 0 Å². The number of hydrogen-bond donors (Lipinski definition) is 1. The number of benzene rings is 2. The van der Waals surface area contributed by atoms with Crippen molar-refractivity contribution in [1.29, 1.82) is 0 Å². The molecule has 7 heteroatoms. The van der Waals surface area contributed by atoms with Crippen LogP contribution in [0.4, 0.5) is 0 Å². The first kappa shape index (κ1) is 20.8. The van der Waals surface area contributed by atoms with Crippen molar-refractivity contribution in [2.75, 3.05) is 6.26 Å². The molecule has 0 aliphatic heterocycles. The molecule has 6 nitrogen and oxygen atoms in total. The number of sulfone groups is 1. The third-order valence-corrected chi connectivity index (χ3v) is 6.01. The second-order valence-electron chi connectivity index (χ2n) is 7.04. The van der Waals surface area contributed by atoms with Crippen molar-refractivity contribution in [3.8, 4) is 11.5 Å². The maximum absolute atomic E-state index is 12.3. The topological polar surface area (TPSA) is 97.7 Å². The average molecular weight is 414 g/mol. The van der Waals surface area contributed by atoms with Gasteiger partial charge in [0, 0.05) is 25.5 Å². The van der Waals surface area contributed by atoms with Gasteiger partial charge in [-0.15, -0.1) is 0 Å². The Balaban J connectivity index is 1.72. The van der Waals surface area contributed by atoms with Gasteiger partial charge in [0.25, 0.3) is 0 Å². The maximum atomic E-state index is 12.3. The fourth-order valence-corrected chi connectivity index (χ4v) is 3.95. The fourth-order valence-electron chi connectivity index (χ4n) is 3.32. The predicted octanol–water partition coefficient (Wildman–Crippen LogP) is 4.12. The van der Waals surface area contributed by atoms with E-state index in [2.05, 4.69) is 0 Å². The number of rotatable bonds is 6. The average Bonchev–Trinajstić information content (AvgIpc) is 2.67. The molecule has 0 heterocycles. The van der Waals surface area contributed by atoms with E-state index in [0.29, 0.717) is 11.5 Å². The van der Waals surface area contributed by atoms with E-state index in [1.54, 1.807) is 31.2 Å². The SMILES string of the molecule is CCC(=O)C1=C(O)CC(c2ccc(Oc3ccc(S(C)(=O)=O)cc3)cc2)CC1=O. The highest BCUT2D eigenvalue weighted by Crippen LogP contribution is 2.35. The molecule has 1 unspecified atom stereocenters. The molecule has 1 atom stereocenters. The molecule has 0 aromatic heterocycles. The van der Waals surface area contributed by atoms with Gasteiger partial charge in [-0.1, -0.05) is 19.1 Å². The Morgan fingerprint density at radius 3 is 2.07 bits per heavy atom. The number of ketones is 2. The van der Waals surface area contributed by atoms with Crippen LogP contribution in [-0.2, 0) is 19.4 Å². The molecule has 29 heavy (non-hydrogen) atoms. The van der Waals surface area contributed by atoms with Gasteiger partial charge in [0.15, 0.2) is 21.4 Å². The van der Waals surface area contributed by atoms with Crippen LogP contribution in [0.2, 0.25) is 0 Å². The lowest BCUT2D eigenvalue weighted by Crippen LogP contribution is -2.23. The minimum atomic E-state index is -3.26. The molecule has 0 saturated carbocycles. The van der Waals surface area contributed by atoms with E-state index in [-0.39, 0.29) is 53.0 Å². The van der Waals surface area contributed by atoms with Crippen molar-refractivity contribution in [2.45, 2.75) is 37.0 Å². The fraction of sp³-hybridized carbons (Fsp3) is 0.273. The second kappa shape index (κ2) is 8.21. The Morgan fingerprint density at radius 1 is 1.03 bits per heavy atom. The van der Waals surface area contributed by atoms with E-state index in [1.165, 1.54) is 12.1 Å². The summed E-state index contributed by atoms with van der Waals surface area (Å²) in [5, 5.41) is 10.2. The van der Waals surface area contributed by atoms with Gasteiger partial charge in [-0.2, -0.15) is 0 Å². The molecule has 0 fully saturated rings. The molecule has 1 aliphatic carbocycles. The van der Waals surface area contributed by atoms with E-state index < -0.39 is 9.84 Å². The minimum Gasteiger partial charge on any atom is -0.511 e. The van der Waals surface area contributed by atoms with Crippen molar-refractivity contribution in [2.24, 2.45) is 0 Å². The highest BCUT2D eigenvalue weighted by molar-refractivity contribution is 7.90. The van der Waals surface area contributed by atoms with Crippen molar-refractivity contribution < 1.29 is 27.9 Å². The van der Waals surface area contributed by atoms with E-state index in [0.717, 1.165) is 11.8 Å². The van der Waals surface area contributed by atoms with E-state index in [1.807, 2.05) is 12.1 Å². The Labute approximate surface area is 169 Å².